The average molecular weight is 415 g/mol. The van der Waals surface area contributed by atoms with Crippen molar-refractivity contribution in [1.29, 1.82) is 0 Å². The first-order valence-electron chi connectivity index (χ1n) is 13.6. The Hall–Kier alpha value is -0.0800. The molecular formula is C28H46O2. The minimum Gasteiger partial charge on any atom is -0.349 e. The first-order chi connectivity index (χ1) is 14.3. The fourth-order valence-corrected chi connectivity index (χ4v) is 10.5. The first kappa shape index (κ1) is 20.5. The van der Waals surface area contributed by atoms with Crippen LogP contribution < -0.4 is 0 Å². The number of hydrogen-bond donors (Lipinski definition) is 0. The highest BCUT2D eigenvalue weighted by Crippen LogP contribution is 2.71. The van der Waals surface area contributed by atoms with Crippen molar-refractivity contribution < 1.29 is 9.47 Å². The van der Waals surface area contributed by atoms with Gasteiger partial charge in [-0.3, -0.25) is 0 Å². The Morgan fingerprint density at radius 3 is 2.27 bits per heavy atom. The molecule has 2 nitrogen and oxygen atoms in total. The van der Waals surface area contributed by atoms with Crippen LogP contribution >= 0.6 is 0 Å². The van der Waals surface area contributed by atoms with E-state index in [4.69, 9.17) is 9.47 Å². The predicted molar refractivity (Wildman–Crippen MR) is 121 cm³/mol. The van der Waals surface area contributed by atoms with Crippen molar-refractivity contribution in [1.82, 2.24) is 0 Å². The minimum absolute atomic E-state index is 0.254. The van der Waals surface area contributed by atoms with E-state index >= 15 is 0 Å². The van der Waals surface area contributed by atoms with Crippen LogP contribution in [0.25, 0.3) is 0 Å². The van der Waals surface area contributed by atoms with E-state index in [0.717, 1.165) is 42.6 Å². The molecule has 4 aliphatic carbocycles. The van der Waals surface area contributed by atoms with Crippen LogP contribution in [0.2, 0.25) is 0 Å². The third kappa shape index (κ3) is 2.62. The molecular weight excluding hydrogens is 368 g/mol. The van der Waals surface area contributed by atoms with Gasteiger partial charge in [-0.05, 0) is 104 Å². The molecule has 0 aromatic heterocycles. The summed E-state index contributed by atoms with van der Waals surface area (Å²) < 4.78 is 13.4. The molecule has 1 spiro atoms. The van der Waals surface area contributed by atoms with Crippen molar-refractivity contribution in [2.75, 3.05) is 6.61 Å². The van der Waals surface area contributed by atoms with Crippen LogP contribution in [0.15, 0.2) is 0 Å². The summed E-state index contributed by atoms with van der Waals surface area (Å²) in [5, 5.41) is 0. The van der Waals surface area contributed by atoms with Gasteiger partial charge in [0.05, 0.1) is 12.7 Å². The van der Waals surface area contributed by atoms with Crippen molar-refractivity contribution in [3.63, 3.8) is 0 Å². The molecule has 0 unspecified atom stereocenters. The third-order valence-electron chi connectivity index (χ3n) is 12.2. The molecule has 0 amide bonds. The first-order valence-corrected chi connectivity index (χ1v) is 13.6. The smallest absolute Gasteiger partial charge is 0.171 e. The van der Waals surface area contributed by atoms with Crippen LogP contribution in [0.1, 0.15) is 98.8 Å². The Bertz CT molecular complexity index is 680. The molecule has 6 rings (SSSR count). The zero-order chi connectivity index (χ0) is 20.9. The molecule has 6 aliphatic rings. The number of ether oxygens (including phenoxy) is 2. The highest BCUT2D eigenvalue weighted by Gasteiger charge is 2.69. The van der Waals surface area contributed by atoms with E-state index in [0.29, 0.717) is 34.7 Å². The molecule has 2 heterocycles. The highest BCUT2D eigenvalue weighted by atomic mass is 16.7. The molecule has 0 radical (unpaired) electrons. The molecule has 30 heavy (non-hydrogen) atoms. The Morgan fingerprint density at radius 2 is 1.50 bits per heavy atom. The van der Waals surface area contributed by atoms with E-state index in [1.54, 1.807) is 0 Å². The molecule has 4 saturated carbocycles. The molecule has 2 saturated heterocycles. The topological polar surface area (TPSA) is 18.5 Å². The van der Waals surface area contributed by atoms with Gasteiger partial charge in [-0.15, -0.1) is 0 Å². The summed E-state index contributed by atoms with van der Waals surface area (Å²) in [6.07, 6.45) is 14.6. The van der Waals surface area contributed by atoms with E-state index in [2.05, 4.69) is 34.6 Å². The average Bonchev–Trinajstić information content (AvgIpc) is 3.16. The highest BCUT2D eigenvalue weighted by molar-refractivity contribution is 5.15. The molecule has 0 aromatic carbocycles. The van der Waals surface area contributed by atoms with E-state index < -0.39 is 0 Å². The molecule has 0 aromatic rings. The van der Waals surface area contributed by atoms with Gasteiger partial charge in [0.25, 0.3) is 0 Å². The monoisotopic (exact) mass is 414 g/mol. The van der Waals surface area contributed by atoms with Crippen LogP contribution in [0.4, 0.5) is 0 Å². The minimum atomic E-state index is -0.254. The van der Waals surface area contributed by atoms with Crippen molar-refractivity contribution in [3.8, 4) is 0 Å². The quantitative estimate of drug-likeness (QED) is 0.422. The molecule has 2 aliphatic heterocycles. The van der Waals surface area contributed by atoms with E-state index in [9.17, 15) is 0 Å². The van der Waals surface area contributed by atoms with Gasteiger partial charge in [0.1, 0.15) is 0 Å². The van der Waals surface area contributed by atoms with Crippen LogP contribution in [0.3, 0.4) is 0 Å². The van der Waals surface area contributed by atoms with Crippen LogP contribution in [0.5, 0.6) is 0 Å². The summed E-state index contributed by atoms with van der Waals surface area (Å²) in [4.78, 5) is 0. The van der Waals surface area contributed by atoms with Gasteiger partial charge in [0.15, 0.2) is 5.79 Å². The molecule has 2 heteroatoms. The maximum atomic E-state index is 6.93. The Morgan fingerprint density at radius 1 is 0.733 bits per heavy atom. The summed E-state index contributed by atoms with van der Waals surface area (Å²) >= 11 is 0. The van der Waals surface area contributed by atoms with E-state index in [1.165, 1.54) is 57.8 Å². The van der Waals surface area contributed by atoms with Gasteiger partial charge in [-0.1, -0.05) is 41.0 Å². The van der Waals surface area contributed by atoms with Gasteiger partial charge in [0.2, 0.25) is 0 Å². The zero-order valence-electron chi connectivity index (χ0n) is 20.3. The second-order valence-electron chi connectivity index (χ2n) is 13.6. The van der Waals surface area contributed by atoms with Gasteiger partial charge >= 0.3 is 0 Å². The maximum Gasteiger partial charge on any atom is 0.171 e. The van der Waals surface area contributed by atoms with Gasteiger partial charge in [-0.25, -0.2) is 0 Å². The fourth-order valence-electron chi connectivity index (χ4n) is 10.5. The standard InChI is InChI=1S/C28H46O2/c1-17-8-11-26(4)20(14-17)6-7-21-22(26)10-12-27(5)23(21)15-24-25(27)19(3)28(30-24)13-9-18(2)16-29-28/h17-25H,6-16H2,1-5H3/t17-,18-,19-,20+,21-,22-,23-,24-,25-,26-,27-,28+/m0/s1. The maximum absolute atomic E-state index is 6.93. The Kier molecular flexibility index (Phi) is 4.60. The van der Waals surface area contributed by atoms with Crippen LogP contribution in [0, 0.1) is 58.2 Å². The summed E-state index contributed by atoms with van der Waals surface area (Å²) in [6, 6.07) is 0. The summed E-state index contributed by atoms with van der Waals surface area (Å²) in [7, 11) is 0. The van der Waals surface area contributed by atoms with Crippen LogP contribution in [-0.4, -0.2) is 18.5 Å². The van der Waals surface area contributed by atoms with Gasteiger partial charge < -0.3 is 9.47 Å². The fraction of sp³-hybridized carbons (Fsp3) is 1.00. The van der Waals surface area contributed by atoms with Crippen molar-refractivity contribution >= 4 is 0 Å². The predicted octanol–water partition coefficient (Wildman–Crippen LogP) is 7.07. The normalized spacial score (nSPS) is 62.5. The molecule has 0 bridgehead atoms. The lowest BCUT2D eigenvalue weighted by atomic mass is 9.44. The molecule has 170 valence electrons. The number of hydrogen-bond acceptors (Lipinski definition) is 2. The van der Waals surface area contributed by atoms with Crippen molar-refractivity contribution in [2.24, 2.45) is 58.2 Å². The molecule has 0 N–H and O–H groups in total. The lowest BCUT2D eigenvalue weighted by Crippen LogP contribution is -2.54. The SMILES string of the molecule is C[C@H]1CC[C@@]2(OC1)O[C@H]1C[C@H]3[C@H]4CC[C@@H]5C[C@@H](C)CC[C@]5(C)[C@H]4CC[C@]3(C)[C@H]1[C@@H]2C. The summed E-state index contributed by atoms with van der Waals surface area (Å²) in [5.41, 5.74) is 1.11. The van der Waals surface area contributed by atoms with E-state index in [1.807, 2.05) is 0 Å². The lowest BCUT2D eigenvalue weighted by molar-refractivity contribution is -0.273. The molecule has 12 atom stereocenters. The molecule has 6 fully saturated rings. The third-order valence-corrected chi connectivity index (χ3v) is 12.2. The van der Waals surface area contributed by atoms with Crippen molar-refractivity contribution in [3.05, 3.63) is 0 Å². The zero-order valence-corrected chi connectivity index (χ0v) is 20.3. The lowest BCUT2D eigenvalue weighted by Gasteiger charge is -2.61. The van der Waals surface area contributed by atoms with Gasteiger partial charge in [-0.2, -0.15) is 0 Å². The largest absolute Gasteiger partial charge is 0.349 e. The Labute approximate surface area is 185 Å². The number of fused-ring (bicyclic) bond motifs is 7. The second-order valence-corrected chi connectivity index (χ2v) is 13.6. The van der Waals surface area contributed by atoms with Crippen LogP contribution in [-0.2, 0) is 9.47 Å². The second kappa shape index (κ2) is 6.72. The Balaban J connectivity index is 1.26. The number of rotatable bonds is 0. The summed E-state index contributed by atoms with van der Waals surface area (Å²) in [6.45, 7) is 13.6. The van der Waals surface area contributed by atoms with E-state index in [-0.39, 0.29) is 5.79 Å². The van der Waals surface area contributed by atoms with Crippen molar-refractivity contribution in [2.45, 2.75) is 111 Å². The van der Waals surface area contributed by atoms with Gasteiger partial charge in [0, 0.05) is 12.3 Å². The summed E-state index contributed by atoms with van der Waals surface area (Å²) in [5.74, 6) is 6.52.